The van der Waals surface area contributed by atoms with Crippen LogP contribution in [0.3, 0.4) is 0 Å². The molecule has 1 aliphatic heterocycles. The minimum absolute atomic E-state index is 0.0890. The molecule has 1 aromatic heterocycles. The SMILES string of the molecule is CCN1CCN(c2nnc(C)c(C)c2C(N)=NO)CC1C. The molecule has 2 heterocycles. The Bertz CT molecular complexity index is 545. The monoisotopic (exact) mass is 292 g/mol. The summed E-state index contributed by atoms with van der Waals surface area (Å²) >= 11 is 0. The van der Waals surface area contributed by atoms with Crippen molar-refractivity contribution in [2.75, 3.05) is 31.1 Å². The lowest BCUT2D eigenvalue weighted by Crippen LogP contribution is -2.52. The van der Waals surface area contributed by atoms with Crippen LogP contribution in [0.15, 0.2) is 5.16 Å². The van der Waals surface area contributed by atoms with E-state index in [4.69, 9.17) is 10.9 Å². The Morgan fingerprint density at radius 2 is 2.10 bits per heavy atom. The van der Waals surface area contributed by atoms with Gasteiger partial charge in [-0.15, -0.1) is 5.10 Å². The van der Waals surface area contributed by atoms with Crippen LogP contribution in [0.25, 0.3) is 0 Å². The molecule has 0 saturated carbocycles. The van der Waals surface area contributed by atoms with Crippen molar-refractivity contribution in [3.63, 3.8) is 0 Å². The Balaban J connectivity index is 2.39. The summed E-state index contributed by atoms with van der Waals surface area (Å²) in [5, 5.41) is 20.7. The van der Waals surface area contributed by atoms with Gasteiger partial charge < -0.3 is 15.8 Å². The van der Waals surface area contributed by atoms with Crippen molar-refractivity contribution < 1.29 is 5.21 Å². The van der Waals surface area contributed by atoms with Crippen molar-refractivity contribution in [3.8, 4) is 0 Å². The third-order valence-corrected chi connectivity index (χ3v) is 4.27. The van der Waals surface area contributed by atoms with Crippen molar-refractivity contribution in [3.05, 3.63) is 16.8 Å². The zero-order valence-corrected chi connectivity index (χ0v) is 13.2. The summed E-state index contributed by atoms with van der Waals surface area (Å²) in [5.41, 5.74) is 8.23. The molecule has 2 rings (SSSR count). The summed E-state index contributed by atoms with van der Waals surface area (Å²) in [4.78, 5) is 4.60. The highest BCUT2D eigenvalue weighted by molar-refractivity contribution is 6.02. The number of nitrogens with two attached hydrogens (primary N) is 1. The summed E-state index contributed by atoms with van der Waals surface area (Å²) in [7, 11) is 0. The molecule has 21 heavy (non-hydrogen) atoms. The van der Waals surface area contributed by atoms with Crippen LogP contribution in [-0.4, -0.2) is 58.4 Å². The van der Waals surface area contributed by atoms with Gasteiger partial charge in [-0.3, -0.25) is 4.90 Å². The Labute approximate surface area is 125 Å². The molecule has 0 radical (unpaired) electrons. The van der Waals surface area contributed by atoms with Crippen molar-refractivity contribution >= 4 is 11.7 Å². The van der Waals surface area contributed by atoms with Gasteiger partial charge >= 0.3 is 0 Å². The number of oxime groups is 1. The van der Waals surface area contributed by atoms with Gasteiger partial charge in [-0.25, -0.2) is 0 Å². The van der Waals surface area contributed by atoms with E-state index in [1.165, 1.54) is 0 Å². The number of rotatable bonds is 3. The molecule has 3 N–H and O–H groups in total. The molecule has 0 spiro atoms. The van der Waals surface area contributed by atoms with Crippen LogP contribution in [0.4, 0.5) is 5.82 Å². The van der Waals surface area contributed by atoms with Gasteiger partial charge in [0.25, 0.3) is 0 Å². The number of anilines is 1. The molecule has 1 atom stereocenters. The van der Waals surface area contributed by atoms with Crippen molar-refractivity contribution in [1.29, 1.82) is 0 Å². The normalized spacial score (nSPS) is 20.9. The summed E-state index contributed by atoms with van der Waals surface area (Å²) in [6.07, 6.45) is 0. The number of hydrogen-bond donors (Lipinski definition) is 2. The first kappa shape index (κ1) is 15.5. The van der Waals surface area contributed by atoms with Crippen LogP contribution in [0, 0.1) is 13.8 Å². The van der Waals surface area contributed by atoms with Crippen molar-refractivity contribution in [1.82, 2.24) is 15.1 Å². The second kappa shape index (κ2) is 6.26. The number of likely N-dealkylation sites (N-methyl/N-ethyl adjacent to an activating group) is 1. The quantitative estimate of drug-likeness (QED) is 0.369. The third-order valence-electron chi connectivity index (χ3n) is 4.27. The number of aryl methyl sites for hydroxylation is 1. The van der Waals surface area contributed by atoms with Gasteiger partial charge in [0.2, 0.25) is 0 Å². The van der Waals surface area contributed by atoms with Gasteiger partial charge in [0.1, 0.15) is 0 Å². The molecule has 1 aliphatic rings. The van der Waals surface area contributed by atoms with Crippen LogP contribution in [0.2, 0.25) is 0 Å². The maximum Gasteiger partial charge on any atom is 0.174 e. The number of amidine groups is 1. The number of nitrogens with zero attached hydrogens (tertiary/aromatic N) is 5. The highest BCUT2D eigenvalue weighted by atomic mass is 16.4. The third kappa shape index (κ3) is 2.92. The fourth-order valence-corrected chi connectivity index (χ4v) is 2.83. The maximum absolute atomic E-state index is 9.05. The number of hydrogen-bond acceptors (Lipinski definition) is 6. The summed E-state index contributed by atoms with van der Waals surface area (Å²) in [6.45, 7) is 11.9. The molecular weight excluding hydrogens is 268 g/mol. The first-order chi connectivity index (χ1) is 9.99. The Kier molecular flexibility index (Phi) is 4.62. The Hall–Kier alpha value is -1.89. The van der Waals surface area contributed by atoms with Crippen LogP contribution in [-0.2, 0) is 0 Å². The van der Waals surface area contributed by atoms with Crippen LogP contribution in [0.5, 0.6) is 0 Å². The fraction of sp³-hybridized carbons (Fsp3) is 0.643. The van der Waals surface area contributed by atoms with Gasteiger partial charge in [-0.05, 0) is 32.9 Å². The predicted molar refractivity (Wildman–Crippen MR) is 82.9 cm³/mol. The predicted octanol–water partition coefficient (Wildman–Crippen LogP) is 0.718. The van der Waals surface area contributed by atoms with E-state index in [2.05, 4.69) is 39.0 Å². The van der Waals surface area contributed by atoms with E-state index in [9.17, 15) is 0 Å². The average molecular weight is 292 g/mol. The van der Waals surface area contributed by atoms with Gasteiger partial charge in [-0.1, -0.05) is 12.1 Å². The molecule has 0 aromatic carbocycles. The van der Waals surface area contributed by atoms with Gasteiger partial charge in [-0.2, -0.15) is 5.10 Å². The van der Waals surface area contributed by atoms with Crippen molar-refractivity contribution in [2.45, 2.75) is 33.7 Å². The standard InChI is InChI=1S/C14H24N6O/c1-5-19-6-7-20(8-9(19)2)14-12(13(15)18-21)10(3)11(4)16-17-14/h9,21H,5-8H2,1-4H3,(H2,15,18). The lowest BCUT2D eigenvalue weighted by atomic mass is 10.1. The second-order valence-corrected chi connectivity index (χ2v) is 5.52. The molecular formula is C14H24N6O. The summed E-state index contributed by atoms with van der Waals surface area (Å²) < 4.78 is 0. The molecule has 1 saturated heterocycles. The Morgan fingerprint density at radius 3 is 2.67 bits per heavy atom. The second-order valence-electron chi connectivity index (χ2n) is 5.52. The van der Waals surface area contributed by atoms with E-state index in [0.29, 0.717) is 17.4 Å². The van der Waals surface area contributed by atoms with Crippen LogP contribution >= 0.6 is 0 Å². The topological polar surface area (TPSA) is 90.9 Å². The van der Waals surface area contributed by atoms with Crippen LogP contribution < -0.4 is 10.6 Å². The van der Waals surface area contributed by atoms with Gasteiger partial charge in [0.05, 0.1) is 11.3 Å². The molecule has 7 nitrogen and oxygen atoms in total. The van der Waals surface area contributed by atoms with Crippen LogP contribution in [0.1, 0.15) is 30.7 Å². The lowest BCUT2D eigenvalue weighted by Gasteiger charge is -2.40. The molecule has 116 valence electrons. The molecule has 7 heteroatoms. The largest absolute Gasteiger partial charge is 0.409 e. The van der Waals surface area contributed by atoms with E-state index < -0.39 is 0 Å². The highest BCUT2D eigenvalue weighted by Gasteiger charge is 2.27. The van der Waals surface area contributed by atoms with E-state index in [0.717, 1.165) is 37.4 Å². The zero-order chi connectivity index (χ0) is 15.6. The van der Waals surface area contributed by atoms with Crippen molar-refractivity contribution in [2.24, 2.45) is 10.9 Å². The minimum Gasteiger partial charge on any atom is -0.409 e. The first-order valence-corrected chi connectivity index (χ1v) is 7.30. The first-order valence-electron chi connectivity index (χ1n) is 7.30. The molecule has 0 amide bonds. The minimum atomic E-state index is 0.0890. The van der Waals surface area contributed by atoms with E-state index in [1.54, 1.807) is 0 Å². The molecule has 1 fully saturated rings. The van der Waals surface area contributed by atoms with E-state index in [-0.39, 0.29) is 5.84 Å². The summed E-state index contributed by atoms with van der Waals surface area (Å²) in [5.74, 6) is 0.794. The maximum atomic E-state index is 9.05. The molecule has 0 bridgehead atoms. The fourth-order valence-electron chi connectivity index (χ4n) is 2.83. The Morgan fingerprint density at radius 1 is 1.38 bits per heavy atom. The molecule has 1 unspecified atom stereocenters. The lowest BCUT2D eigenvalue weighted by molar-refractivity contribution is 0.199. The smallest absolute Gasteiger partial charge is 0.174 e. The number of piperazine rings is 1. The zero-order valence-electron chi connectivity index (χ0n) is 13.2. The number of aromatic nitrogens is 2. The highest BCUT2D eigenvalue weighted by Crippen LogP contribution is 2.24. The molecule has 1 aromatic rings. The average Bonchev–Trinajstić information content (AvgIpc) is 2.49. The van der Waals surface area contributed by atoms with Gasteiger partial charge in [0.15, 0.2) is 11.7 Å². The van der Waals surface area contributed by atoms with E-state index >= 15 is 0 Å². The molecule has 0 aliphatic carbocycles. The van der Waals surface area contributed by atoms with E-state index in [1.807, 2.05) is 13.8 Å². The van der Waals surface area contributed by atoms with Gasteiger partial charge in [0, 0.05) is 25.7 Å². The summed E-state index contributed by atoms with van der Waals surface area (Å²) in [6, 6.07) is 0.437.